The highest BCUT2D eigenvalue weighted by Crippen LogP contribution is 2.13. The van der Waals surface area contributed by atoms with E-state index in [4.69, 9.17) is 10.5 Å². The van der Waals surface area contributed by atoms with E-state index in [0.717, 1.165) is 52.0 Å². The minimum atomic E-state index is -0.336. The van der Waals surface area contributed by atoms with Gasteiger partial charge in [-0.3, -0.25) is 9.69 Å². The summed E-state index contributed by atoms with van der Waals surface area (Å²) in [6, 6.07) is 0.555. The van der Waals surface area contributed by atoms with E-state index < -0.39 is 0 Å². The topological polar surface area (TPSA) is 58.8 Å². The molecular weight excluding hydrogens is 242 g/mol. The summed E-state index contributed by atoms with van der Waals surface area (Å²) in [7, 11) is 1.58. The zero-order chi connectivity index (χ0) is 14.3. The number of rotatable bonds is 6. The molecule has 2 unspecified atom stereocenters. The van der Waals surface area contributed by atoms with Gasteiger partial charge in [0.05, 0.1) is 0 Å². The Hall–Kier alpha value is -0.650. The smallest absolute Gasteiger partial charge is 0.251 e. The van der Waals surface area contributed by atoms with Crippen LogP contribution in [0.5, 0.6) is 0 Å². The van der Waals surface area contributed by atoms with E-state index >= 15 is 0 Å². The van der Waals surface area contributed by atoms with Crippen molar-refractivity contribution >= 4 is 5.91 Å². The highest BCUT2D eigenvalue weighted by molar-refractivity contribution is 5.80. The summed E-state index contributed by atoms with van der Waals surface area (Å²) >= 11 is 0. The van der Waals surface area contributed by atoms with Crippen LogP contribution in [0.1, 0.15) is 33.1 Å². The fraction of sp³-hybridized carbons (Fsp3) is 0.929. The van der Waals surface area contributed by atoms with Crippen LogP contribution < -0.4 is 5.73 Å². The van der Waals surface area contributed by atoms with Gasteiger partial charge in [0.2, 0.25) is 0 Å². The summed E-state index contributed by atoms with van der Waals surface area (Å²) < 4.78 is 5.12. The first-order valence-corrected chi connectivity index (χ1v) is 7.39. The minimum Gasteiger partial charge on any atom is -0.372 e. The molecule has 0 aromatic rings. The first-order valence-electron chi connectivity index (χ1n) is 7.39. The minimum absolute atomic E-state index is 0.108. The van der Waals surface area contributed by atoms with Crippen molar-refractivity contribution in [1.29, 1.82) is 0 Å². The first kappa shape index (κ1) is 16.4. The van der Waals surface area contributed by atoms with E-state index in [1.54, 1.807) is 7.11 Å². The molecule has 1 fully saturated rings. The number of hydrogen-bond acceptors (Lipinski definition) is 4. The van der Waals surface area contributed by atoms with Gasteiger partial charge in [-0.25, -0.2) is 0 Å². The Morgan fingerprint density at radius 2 is 2.05 bits per heavy atom. The summed E-state index contributed by atoms with van der Waals surface area (Å²) in [6.07, 6.45) is 2.86. The van der Waals surface area contributed by atoms with E-state index in [1.165, 1.54) is 0 Å². The van der Waals surface area contributed by atoms with Crippen molar-refractivity contribution in [3.8, 4) is 0 Å². The molecule has 2 N–H and O–H groups in total. The molecule has 1 amide bonds. The predicted molar refractivity (Wildman–Crippen MR) is 77.0 cm³/mol. The van der Waals surface area contributed by atoms with Crippen molar-refractivity contribution in [2.24, 2.45) is 5.73 Å². The Bertz CT molecular complexity index is 273. The lowest BCUT2D eigenvalue weighted by Crippen LogP contribution is -2.42. The second-order valence-corrected chi connectivity index (χ2v) is 5.23. The molecule has 0 bridgehead atoms. The fourth-order valence-corrected chi connectivity index (χ4v) is 2.72. The number of nitrogens with two attached hydrogens (primary N) is 1. The Kier molecular flexibility index (Phi) is 7.34. The van der Waals surface area contributed by atoms with Gasteiger partial charge in [0.15, 0.2) is 0 Å². The Morgan fingerprint density at radius 3 is 2.63 bits per heavy atom. The quantitative estimate of drug-likeness (QED) is 0.772. The lowest BCUT2D eigenvalue weighted by atomic mass is 10.1. The molecule has 0 radical (unpaired) electrons. The Labute approximate surface area is 117 Å². The van der Waals surface area contributed by atoms with Gasteiger partial charge in [-0.15, -0.1) is 0 Å². The molecule has 0 aromatic heterocycles. The van der Waals surface area contributed by atoms with Gasteiger partial charge in [-0.05, 0) is 32.7 Å². The Balaban J connectivity index is 2.53. The van der Waals surface area contributed by atoms with Crippen LogP contribution in [0.4, 0.5) is 0 Å². The molecule has 0 aliphatic carbocycles. The number of hydrogen-bond donors (Lipinski definition) is 1. The number of amides is 1. The molecule has 0 aromatic carbocycles. The van der Waals surface area contributed by atoms with E-state index in [2.05, 4.69) is 11.8 Å². The van der Waals surface area contributed by atoms with E-state index in [0.29, 0.717) is 6.04 Å². The lowest BCUT2D eigenvalue weighted by Gasteiger charge is -2.30. The van der Waals surface area contributed by atoms with Crippen molar-refractivity contribution in [1.82, 2.24) is 9.80 Å². The molecule has 1 saturated heterocycles. The maximum absolute atomic E-state index is 12.1. The predicted octanol–water partition coefficient (Wildman–Crippen LogP) is 0.683. The largest absolute Gasteiger partial charge is 0.372 e. The Morgan fingerprint density at radius 1 is 1.32 bits per heavy atom. The SMILES string of the molecule is CCC(CCN)N1CCCN(C(=O)C(C)OC)CC1. The van der Waals surface area contributed by atoms with Crippen LogP contribution in [-0.4, -0.2) is 67.7 Å². The number of nitrogens with zero attached hydrogens (tertiary/aromatic N) is 2. The average molecular weight is 271 g/mol. The number of methoxy groups -OCH3 is 1. The van der Waals surface area contributed by atoms with Crippen LogP contribution in [0.3, 0.4) is 0 Å². The molecule has 1 aliphatic rings. The summed E-state index contributed by atoms with van der Waals surface area (Å²) in [4.78, 5) is 16.5. The number of ether oxygens (including phenoxy) is 1. The maximum atomic E-state index is 12.1. The van der Waals surface area contributed by atoms with Crippen LogP contribution in [0.25, 0.3) is 0 Å². The van der Waals surface area contributed by atoms with Crippen LogP contribution >= 0.6 is 0 Å². The second kappa shape index (κ2) is 8.51. The maximum Gasteiger partial charge on any atom is 0.251 e. The fourth-order valence-electron chi connectivity index (χ4n) is 2.72. The van der Waals surface area contributed by atoms with Gasteiger partial charge in [0, 0.05) is 39.3 Å². The standard InChI is InChI=1S/C14H29N3O2/c1-4-13(6-7-15)16-8-5-9-17(11-10-16)14(18)12(2)19-3/h12-13H,4-11,15H2,1-3H3. The molecule has 5 nitrogen and oxygen atoms in total. The molecule has 19 heavy (non-hydrogen) atoms. The third-order valence-corrected chi connectivity index (χ3v) is 4.03. The average Bonchev–Trinajstić information content (AvgIpc) is 2.68. The van der Waals surface area contributed by atoms with Gasteiger partial charge in [-0.2, -0.15) is 0 Å². The summed E-state index contributed by atoms with van der Waals surface area (Å²) in [6.45, 7) is 8.40. The molecule has 112 valence electrons. The van der Waals surface area contributed by atoms with Gasteiger partial charge < -0.3 is 15.4 Å². The number of carbonyl (C=O) groups excluding carboxylic acids is 1. The third kappa shape index (κ3) is 4.75. The lowest BCUT2D eigenvalue weighted by molar-refractivity contribution is -0.140. The molecule has 5 heteroatoms. The molecule has 1 aliphatic heterocycles. The molecular formula is C14H29N3O2. The zero-order valence-corrected chi connectivity index (χ0v) is 12.6. The molecule has 1 heterocycles. The summed E-state index contributed by atoms with van der Waals surface area (Å²) in [5.74, 6) is 0.108. The van der Waals surface area contributed by atoms with Gasteiger partial charge >= 0.3 is 0 Å². The highest BCUT2D eigenvalue weighted by atomic mass is 16.5. The van der Waals surface area contributed by atoms with Crippen molar-refractivity contribution in [2.45, 2.75) is 45.3 Å². The van der Waals surface area contributed by atoms with E-state index in [1.807, 2.05) is 11.8 Å². The van der Waals surface area contributed by atoms with Gasteiger partial charge in [0.1, 0.15) is 6.10 Å². The van der Waals surface area contributed by atoms with Crippen LogP contribution in [0.2, 0.25) is 0 Å². The van der Waals surface area contributed by atoms with Gasteiger partial charge in [-0.1, -0.05) is 6.92 Å². The summed E-state index contributed by atoms with van der Waals surface area (Å²) in [5.41, 5.74) is 5.68. The van der Waals surface area contributed by atoms with Gasteiger partial charge in [0.25, 0.3) is 5.91 Å². The third-order valence-electron chi connectivity index (χ3n) is 4.03. The second-order valence-electron chi connectivity index (χ2n) is 5.23. The summed E-state index contributed by atoms with van der Waals surface area (Å²) in [5, 5.41) is 0. The van der Waals surface area contributed by atoms with Crippen LogP contribution in [0, 0.1) is 0 Å². The van der Waals surface area contributed by atoms with Crippen molar-refractivity contribution in [2.75, 3.05) is 39.8 Å². The van der Waals surface area contributed by atoms with E-state index in [9.17, 15) is 4.79 Å². The molecule has 0 spiro atoms. The van der Waals surface area contributed by atoms with Crippen LogP contribution in [0.15, 0.2) is 0 Å². The van der Waals surface area contributed by atoms with Crippen molar-refractivity contribution < 1.29 is 9.53 Å². The van der Waals surface area contributed by atoms with Crippen LogP contribution in [-0.2, 0) is 9.53 Å². The van der Waals surface area contributed by atoms with Crippen molar-refractivity contribution in [3.05, 3.63) is 0 Å². The molecule has 0 saturated carbocycles. The normalized spacial score (nSPS) is 20.9. The number of carbonyl (C=O) groups is 1. The highest BCUT2D eigenvalue weighted by Gasteiger charge is 2.25. The van der Waals surface area contributed by atoms with E-state index in [-0.39, 0.29) is 12.0 Å². The zero-order valence-electron chi connectivity index (χ0n) is 12.6. The first-order chi connectivity index (χ1) is 9.13. The monoisotopic (exact) mass is 271 g/mol. The molecule has 1 rings (SSSR count). The molecule has 2 atom stereocenters. The van der Waals surface area contributed by atoms with Crippen molar-refractivity contribution in [3.63, 3.8) is 0 Å².